The van der Waals surface area contributed by atoms with Crippen LogP contribution in [0, 0.1) is 35.0 Å². The second-order valence-corrected chi connectivity index (χ2v) is 10.6. The van der Waals surface area contributed by atoms with Crippen LogP contribution in [0.15, 0.2) is 24.0 Å². The van der Waals surface area contributed by atoms with Crippen LogP contribution >= 0.6 is 0 Å². The van der Waals surface area contributed by atoms with Crippen LogP contribution < -0.4 is 0 Å². The third-order valence-corrected chi connectivity index (χ3v) is 7.64. The van der Waals surface area contributed by atoms with E-state index in [2.05, 4.69) is 20.8 Å². The minimum absolute atomic E-state index is 0.0157. The summed E-state index contributed by atoms with van der Waals surface area (Å²) in [6, 6.07) is 0. The SMILES string of the molecule is CC(=O)C[C@H]1C(=O)[C@@H]2COC(C)(C)[C@@H]3CC[C@@](C)(C[C@@H]32)[C@@H]1/C=C\OC(=O)C=C(C)C. The molecule has 1 aliphatic heterocycles. The Balaban J connectivity index is 1.95. The number of allylic oxidation sites excluding steroid dienone is 2. The van der Waals surface area contributed by atoms with E-state index in [0.717, 1.165) is 24.8 Å². The van der Waals surface area contributed by atoms with E-state index < -0.39 is 11.9 Å². The minimum atomic E-state index is -0.424. The first-order chi connectivity index (χ1) is 13.9. The van der Waals surface area contributed by atoms with E-state index in [1.165, 1.54) is 12.3 Å². The lowest BCUT2D eigenvalue weighted by molar-refractivity contribution is -0.173. The van der Waals surface area contributed by atoms with Crippen LogP contribution in [0.4, 0.5) is 0 Å². The lowest BCUT2D eigenvalue weighted by atomic mass is 9.56. The Hall–Kier alpha value is -1.75. The Morgan fingerprint density at radius 2 is 1.90 bits per heavy atom. The molecule has 0 aromatic carbocycles. The summed E-state index contributed by atoms with van der Waals surface area (Å²) in [6.07, 6.45) is 7.87. The summed E-state index contributed by atoms with van der Waals surface area (Å²) in [5.74, 6) is -0.322. The molecule has 0 unspecified atom stereocenters. The van der Waals surface area contributed by atoms with Crippen LogP contribution in [0.3, 0.4) is 0 Å². The van der Waals surface area contributed by atoms with Crippen molar-refractivity contribution in [3.8, 4) is 0 Å². The largest absolute Gasteiger partial charge is 0.432 e. The van der Waals surface area contributed by atoms with Gasteiger partial charge < -0.3 is 14.3 Å². The van der Waals surface area contributed by atoms with Crippen LogP contribution in [-0.4, -0.2) is 29.7 Å². The van der Waals surface area contributed by atoms with Gasteiger partial charge in [0.05, 0.1) is 18.5 Å². The fraction of sp³-hybridized carbons (Fsp3) is 0.720. The zero-order chi connectivity index (χ0) is 22.3. The molecule has 1 saturated heterocycles. The highest BCUT2D eigenvalue weighted by Gasteiger charge is 2.58. The molecule has 3 fully saturated rings. The molecule has 2 saturated carbocycles. The molecule has 0 aromatic rings. The van der Waals surface area contributed by atoms with Crippen molar-refractivity contribution in [3.05, 3.63) is 24.0 Å². The van der Waals surface area contributed by atoms with Crippen LogP contribution in [0.5, 0.6) is 0 Å². The first-order valence-corrected chi connectivity index (χ1v) is 11.1. The average molecular weight is 417 g/mol. The molecular weight excluding hydrogens is 380 g/mol. The van der Waals surface area contributed by atoms with Crippen molar-refractivity contribution in [3.63, 3.8) is 0 Å². The fourth-order valence-electron chi connectivity index (χ4n) is 6.20. The molecule has 2 aliphatic carbocycles. The molecule has 166 valence electrons. The average Bonchev–Trinajstić information content (AvgIpc) is 2.67. The van der Waals surface area contributed by atoms with Gasteiger partial charge >= 0.3 is 5.97 Å². The quantitative estimate of drug-likeness (QED) is 0.371. The van der Waals surface area contributed by atoms with Gasteiger partial charge in [-0.05, 0) is 83.1 Å². The van der Waals surface area contributed by atoms with E-state index in [0.29, 0.717) is 12.5 Å². The van der Waals surface area contributed by atoms with Gasteiger partial charge in [-0.2, -0.15) is 0 Å². The van der Waals surface area contributed by atoms with Crippen LogP contribution in [0.1, 0.15) is 67.2 Å². The maximum atomic E-state index is 13.7. The molecule has 0 N–H and O–H groups in total. The Labute approximate surface area is 180 Å². The molecule has 0 amide bonds. The van der Waals surface area contributed by atoms with Crippen molar-refractivity contribution in [2.24, 2.45) is 35.0 Å². The van der Waals surface area contributed by atoms with Crippen molar-refractivity contribution in [2.75, 3.05) is 6.61 Å². The van der Waals surface area contributed by atoms with Gasteiger partial charge in [0, 0.05) is 24.3 Å². The predicted octanol–water partition coefficient (Wildman–Crippen LogP) is 4.65. The van der Waals surface area contributed by atoms with E-state index in [9.17, 15) is 14.4 Å². The molecule has 0 aromatic heterocycles. The number of carbonyl (C=O) groups is 3. The molecule has 1 heterocycles. The van der Waals surface area contributed by atoms with Gasteiger partial charge in [0.1, 0.15) is 11.6 Å². The highest BCUT2D eigenvalue weighted by atomic mass is 16.5. The van der Waals surface area contributed by atoms with Crippen molar-refractivity contribution in [1.82, 2.24) is 0 Å². The molecular formula is C25H36O5. The maximum Gasteiger partial charge on any atom is 0.335 e. The van der Waals surface area contributed by atoms with Gasteiger partial charge in [-0.1, -0.05) is 12.5 Å². The molecule has 0 radical (unpaired) electrons. The summed E-state index contributed by atoms with van der Waals surface area (Å²) in [4.78, 5) is 37.7. The summed E-state index contributed by atoms with van der Waals surface area (Å²) in [7, 11) is 0. The van der Waals surface area contributed by atoms with E-state index >= 15 is 0 Å². The second-order valence-electron chi connectivity index (χ2n) is 10.6. The fourth-order valence-corrected chi connectivity index (χ4v) is 6.20. The number of hydrogen-bond donors (Lipinski definition) is 0. The Bertz CT molecular complexity index is 772. The monoisotopic (exact) mass is 416 g/mol. The van der Waals surface area contributed by atoms with Crippen molar-refractivity contribution in [1.29, 1.82) is 0 Å². The van der Waals surface area contributed by atoms with Crippen molar-refractivity contribution >= 4 is 17.5 Å². The molecule has 6 atom stereocenters. The van der Waals surface area contributed by atoms with Gasteiger partial charge in [-0.15, -0.1) is 0 Å². The van der Waals surface area contributed by atoms with E-state index in [4.69, 9.17) is 9.47 Å². The van der Waals surface area contributed by atoms with E-state index in [1.54, 1.807) is 6.92 Å². The molecule has 3 aliphatic rings. The number of hydrogen-bond acceptors (Lipinski definition) is 5. The van der Waals surface area contributed by atoms with Crippen LogP contribution in [0.2, 0.25) is 0 Å². The summed E-state index contributed by atoms with van der Waals surface area (Å²) >= 11 is 0. The topological polar surface area (TPSA) is 69.7 Å². The summed E-state index contributed by atoms with van der Waals surface area (Å²) in [5, 5.41) is 0. The second kappa shape index (κ2) is 8.41. The van der Waals surface area contributed by atoms with Crippen molar-refractivity contribution in [2.45, 2.75) is 72.8 Å². The maximum absolute atomic E-state index is 13.7. The zero-order valence-corrected chi connectivity index (χ0v) is 19.2. The first kappa shape index (κ1) is 22.9. The Morgan fingerprint density at radius 1 is 1.20 bits per heavy atom. The highest BCUT2D eigenvalue weighted by molar-refractivity contribution is 5.90. The third kappa shape index (κ3) is 4.46. The number of carbonyl (C=O) groups excluding carboxylic acids is 3. The summed E-state index contributed by atoms with van der Waals surface area (Å²) in [6.45, 7) is 12.2. The number of fused-ring (bicyclic) bond motifs is 1. The van der Waals surface area contributed by atoms with Gasteiger partial charge in [-0.25, -0.2) is 4.79 Å². The summed E-state index contributed by atoms with van der Waals surface area (Å²) < 4.78 is 11.4. The first-order valence-electron chi connectivity index (χ1n) is 11.1. The Morgan fingerprint density at radius 3 is 2.53 bits per heavy atom. The van der Waals surface area contributed by atoms with E-state index in [-0.39, 0.29) is 46.8 Å². The molecule has 5 heteroatoms. The van der Waals surface area contributed by atoms with Crippen LogP contribution in [-0.2, 0) is 23.9 Å². The number of ether oxygens (including phenoxy) is 2. The lowest BCUT2D eigenvalue weighted by Gasteiger charge is -2.53. The standard InChI is InChI=1S/C25H36O5/c1-15(2)11-22(27)29-10-8-21-17(12-16(3)26)23(28)19-14-30-24(4,5)20-7-9-25(21,6)13-18(19)20/h8,10-11,17-21H,7,9,12-14H2,1-6H3/b10-8-/t17-,18-,19-,20-,21-,25+/m1/s1. The molecule has 0 spiro atoms. The number of esters is 1. The van der Waals surface area contributed by atoms with Crippen LogP contribution in [0.25, 0.3) is 0 Å². The third-order valence-electron chi connectivity index (χ3n) is 7.64. The summed E-state index contributed by atoms with van der Waals surface area (Å²) in [5.41, 5.74) is 0.525. The molecule has 3 rings (SSSR count). The molecule has 2 bridgehead atoms. The number of ketones is 2. The predicted molar refractivity (Wildman–Crippen MR) is 114 cm³/mol. The van der Waals surface area contributed by atoms with Gasteiger partial charge in [0.15, 0.2) is 0 Å². The number of Topliss-reactive ketones (excluding diaryl/α,β-unsaturated/α-hetero) is 2. The van der Waals surface area contributed by atoms with Gasteiger partial charge in [0.2, 0.25) is 0 Å². The smallest absolute Gasteiger partial charge is 0.335 e. The van der Waals surface area contributed by atoms with Gasteiger partial charge in [-0.3, -0.25) is 4.79 Å². The molecule has 5 nitrogen and oxygen atoms in total. The Kier molecular flexibility index (Phi) is 6.43. The van der Waals surface area contributed by atoms with Gasteiger partial charge in [0.25, 0.3) is 0 Å². The van der Waals surface area contributed by atoms with E-state index in [1.807, 2.05) is 19.9 Å². The normalized spacial score (nSPS) is 37.4. The zero-order valence-electron chi connectivity index (χ0n) is 19.2. The highest BCUT2D eigenvalue weighted by Crippen LogP contribution is 2.59. The lowest BCUT2D eigenvalue weighted by Crippen LogP contribution is -2.53. The molecule has 30 heavy (non-hydrogen) atoms. The number of rotatable bonds is 5. The minimum Gasteiger partial charge on any atom is -0.432 e. The van der Waals surface area contributed by atoms with Crippen molar-refractivity contribution < 1.29 is 23.9 Å².